The van der Waals surface area contributed by atoms with E-state index in [-0.39, 0.29) is 0 Å². The molecule has 190 valence electrons. The molecular weight excluding hydrogens is 484 g/mol. The van der Waals surface area contributed by atoms with Crippen LogP contribution < -0.4 is 0 Å². The summed E-state index contributed by atoms with van der Waals surface area (Å²) < 4.78 is 6.13. The third-order valence-electron chi connectivity index (χ3n) is 7.84. The highest BCUT2D eigenvalue weighted by atomic mass is 16.3. The maximum absolute atomic E-state index is 6.13. The van der Waals surface area contributed by atoms with Gasteiger partial charge in [0, 0.05) is 10.9 Å². The van der Waals surface area contributed by atoms with Crippen LogP contribution in [0.5, 0.6) is 0 Å². The first-order valence-corrected chi connectivity index (χ1v) is 13.7. The van der Waals surface area contributed by atoms with Crippen LogP contribution in [0.15, 0.2) is 144 Å². The molecule has 0 aliphatic heterocycles. The van der Waals surface area contributed by atoms with Crippen molar-refractivity contribution in [3.8, 4) is 22.3 Å². The second-order valence-electron chi connectivity index (χ2n) is 10.0. The third-order valence-corrected chi connectivity index (χ3v) is 7.84. The lowest BCUT2D eigenvalue weighted by molar-refractivity contribution is 0.603. The van der Waals surface area contributed by atoms with Crippen molar-refractivity contribution in [3.63, 3.8) is 0 Å². The van der Waals surface area contributed by atoms with E-state index in [0.29, 0.717) is 0 Å². The van der Waals surface area contributed by atoms with Gasteiger partial charge >= 0.3 is 0 Å². The number of hydrogen-bond donors (Lipinski definition) is 0. The van der Waals surface area contributed by atoms with Gasteiger partial charge in [0.15, 0.2) is 0 Å². The van der Waals surface area contributed by atoms with Crippen molar-refractivity contribution in [1.29, 1.82) is 0 Å². The Morgan fingerprint density at radius 1 is 0.550 bits per heavy atom. The molecule has 0 N–H and O–H groups in total. The Labute approximate surface area is 234 Å². The molecule has 7 aromatic rings. The minimum Gasteiger partial charge on any atom is -0.456 e. The molecule has 0 fully saturated rings. The highest BCUT2D eigenvalue weighted by Gasteiger charge is 2.19. The monoisotopic (exact) mass is 512 g/mol. The van der Waals surface area contributed by atoms with Crippen molar-refractivity contribution in [2.45, 2.75) is 6.92 Å². The van der Waals surface area contributed by atoms with E-state index in [0.717, 1.165) is 33.4 Å². The summed E-state index contributed by atoms with van der Waals surface area (Å²) in [5, 5.41) is 6.15. The van der Waals surface area contributed by atoms with Crippen LogP contribution in [0.25, 0.3) is 66.4 Å². The molecule has 0 aliphatic carbocycles. The summed E-state index contributed by atoms with van der Waals surface area (Å²) in [5.74, 6) is 0.798. The van der Waals surface area contributed by atoms with E-state index in [1.54, 1.807) is 6.08 Å². The highest BCUT2D eigenvalue weighted by molar-refractivity contribution is 6.21. The van der Waals surface area contributed by atoms with Gasteiger partial charge in [-0.1, -0.05) is 134 Å². The highest BCUT2D eigenvalue weighted by Crippen LogP contribution is 2.44. The molecule has 1 aromatic heterocycles. The van der Waals surface area contributed by atoms with Crippen LogP contribution in [-0.2, 0) is 0 Å². The first-order valence-electron chi connectivity index (χ1n) is 13.7. The van der Waals surface area contributed by atoms with Crippen LogP contribution >= 0.6 is 0 Å². The molecule has 7 rings (SSSR count). The van der Waals surface area contributed by atoms with Crippen LogP contribution in [0.3, 0.4) is 0 Å². The second-order valence-corrected chi connectivity index (χ2v) is 10.0. The van der Waals surface area contributed by atoms with E-state index in [1.807, 2.05) is 12.1 Å². The van der Waals surface area contributed by atoms with Crippen LogP contribution in [0.2, 0.25) is 0 Å². The molecule has 0 bridgehead atoms. The molecule has 0 saturated heterocycles. The standard InChI is InChI=1S/C39H28O/c1-3-29(39-34-20-12-13-21-36(34)40-35(39)4-2)26-22-24-28(25-23-26)38-32-18-10-8-16-30(32)37(27-14-6-5-7-15-27)31-17-9-11-19-33(31)38/h3-25H,2H2,1H3/b29-3-. The van der Waals surface area contributed by atoms with Gasteiger partial charge in [-0.05, 0) is 74.0 Å². The fourth-order valence-corrected chi connectivity index (χ4v) is 6.11. The number of furan rings is 1. The van der Waals surface area contributed by atoms with Crippen LogP contribution in [0, 0.1) is 0 Å². The average molecular weight is 513 g/mol. The van der Waals surface area contributed by atoms with Crippen molar-refractivity contribution in [1.82, 2.24) is 0 Å². The number of hydrogen-bond acceptors (Lipinski definition) is 1. The molecule has 1 heterocycles. The van der Waals surface area contributed by atoms with Gasteiger partial charge in [-0.15, -0.1) is 0 Å². The zero-order chi connectivity index (χ0) is 27.1. The van der Waals surface area contributed by atoms with E-state index in [9.17, 15) is 0 Å². The van der Waals surface area contributed by atoms with Crippen LogP contribution in [-0.4, -0.2) is 0 Å². The maximum atomic E-state index is 6.13. The van der Waals surface area contributed by atoms with Gasteiger partial charge in [-0.25, -0.2) is 0 Å². The Morgan fingerprint density at radius 3 is 1.55 bits per heavy atom. The number of rotatable bonds is 5. The Kier molecular flexibility index (Phi) is 5.91. The minimum atomic E-state index is 0.798. The van der Waals surface area contributed by atoms with Crippen molar-refractivity contribution in [2.75, 3.05) is 0 Å². The number of fused-ring (bicyclic) bond motifs is 3. The van der Waals surface area contributed by atoms with E-state index >= 15 is 0 Å². The molecule has 0 radical (unpaired) electrons. The van der Waals surface area contributed by atoms with Crippen LogP contribution in [0.4, 0.5) is 0 Å². The Balaban J connectivity index is 1.43. The topological polar surface area (TPSA) is 13.1 Å². The lowest BCUT2D eigenvalue weighted by Gasteiger charge is -2.18. The molecular formula is C39H28O. The predicted molar refractivity (Wildman–Crippen MR) is 171 cm³/mol. The summed E-state index contributed by atoms with van der Waals surface area (Å²) in [6, 6.07) is 45.5. The van der Waals surface area contributed by atoms with Crippen molar-refractivity contribution >= 4 is 44.2 Å². The Hall–Kier alpha value is -5.14. The van der Waals surface area contributed by atoms with Crippen molar-refractivity contribution < 1.29 is 4.42 Å². The number of para-hydroxylation sites is 1. The van der Waals surface area contributed by atoms with E-state index in [2.05, 4.69) is 135 Å². The first kappa shape index (κ1) is 23.9. The average Bonchev–Trinajstić information content (AvgIpc) is 3.39. The van der Waals surface area contributed by atoms with Gasteiger partial charge in [0.05, 0.1) is 0 Å². The molecule has 0 aliphatic rings. The summed E-state index contributed by atoms with van der Waals surface area (Å²) >= 11 is 0. The molecule has 0 spiro atoms. The first-order chi connectivity index (χ1) is 19.8. The molecule has 1 heteroatoms. The maximum Gasteiger partial charge on any atom is 0.135 e. The lowest BCUT2D eigenvalue weighted by Crippen LogP contribution is -1.92. The fraction of sp³-hybridized carbons (Fsp3) is 0.0256. The Bertz CT molecular complexity index is 2000. The predicted octanol–water partition coefficient (Wildman–Crippen LogP) is 11.2. The zero-order valence-corrected chi connectivity index (χ0v) is 22.4. The van der Waals surface area contributed by atoms with Crippen molar-refractivity contribution in [3.05, 3.63) is 157 Å². The van der Waals surface area contributed by atoms with Gasteiger partial charge in [0.2, 0.25) is 0 Å². The second kappa shape index (κ2) is 9.87. The zero-order valence-electron chi connectivity index (χ0n) is 22.4. The van der Waals surface area contributed by atoms with Crippen LogP contribution in [0.1, 0.15) is 23.8 Å². The van der Waals surface area contributed by atoms with Gasteiger partial charge in [-0.2, -0.15) is 0 Å². The summed E-state index contributed by atoms with van der Waals surface area (Å²) in [6.07, 6.45) is 3.97. The lowest BCUT2D eigenvalue weighted by atomic mass is 9.85. The summed E-state index contributed by atoms with van der Waals surface area (Å²) in [6.45, 7) is 6.10. The fourth-order valence-electron chi connectivity index (χ4n) is 6.11. The minimum absolute atomic E-state index is 0.798. The number of allylic oxidation sites excluding steroid dienone is 1. The smallest absolute Gasteiger partial charge is 0.135 e. The van der Waals surface area contributed by atoms with Crippen molar-refractivity contribution in [2.24, 2.45) is 0 Å². The largest absolute Gasteiger partial charge is 0.456 e. The van der Waals surface area contributed by atoms with E-state index < -0.39 is 0 Å². The third kappa shape index (κ3) is 3.79. The molecule has 40 heavy (non-hydrogen) atoms. The summed E-state index contributed by atoms with van der Waals surface area (Å²) in [4.78, 5) is 0. The molecule has 0 amide bonds. The Morgan fingerprint density at radius 2 is 1.02 bits per heavy atom. The SMILES string of the molecule is C=Cc1oc2ccccc2c1/C(=C\C)c1ccc(-c2c3ccccc3c(-c3ccccc3)c3ccccc23)cc1. The molecule has 1 nitrogen and oxygen atoms in total. The quantitative estimate of drug-likeness (QED) is 0.209. The summed E-state index contributed by atoms with van der Waals surface area (Å²) in [5.41, 5.74) is 9.24. The van der Waals surface area contributed by atoms with Gasteiger partial charge in [0.25, 0.3) is 0 Å². The van der Waals surface area contributed by atoms with E-state index in [1.165, 1.54) is 43.8 Å². The normalized spacial score (nSPS) is 11.9. The summed E-state index contributed by atoms with van der Waals surface area (Å²) in [7, 11) is 0. The van der Waals surface area contributed by atoms with Gasteiger partial charge in [0.1, 0.15) is 11.3 Å². The molecule has 6 aromatic carbocycles. The molecule has 0 atom stereocenters. The number of benzene rings is 6. The molecule has 0 unspecified atom stereocenters. The van der Waals surface area contributed by atoms with Gasteiger partial charge in [-0.3, -0.25) is 0 Å². The van der Waals surface area contributed by atoms with E-state index in [4.69, 9.17) is 4.42 Å². The van der Waals surface area contributed by atoms with Gasteiger partial charge < -0.3 is 4.42 Å². The molecule has 0 saturated carbocycles.